The predicted octanol–water partition coefficient (Wildman–Crippen LogP) is 5.62. The second-order valence-electron chi connectivity index (χ2n) is 5.66. The maximum atomic E-state index is 5.93. The van der Waals surface area contributed by atoms with Gasteiger partial charge in [0.2, 0.25) is 0 Å². The molecule has 1 heterocycles. The quantitative estimate of drug-likeness (QED) is 0.650. The molecule has 0 aliphatic rings. The van der Waals surface area contributed by atoms with E-state index in [1.54, 1.807) is 11.3 Å². The fourth-order valence-electron chi connectivity index (χ4n) is 2.34. The first-order chi connectivity index (χ1) is 11.1. The molecule has 2 nitrogen and oxygen atoms in total. The van der Waals surface area contributed by atoms with Gasteiger partial charge < -0.3 is 5.32 Å². The van der Waals surface area contributed by atoms with Crippen LogP contribution in [0.2, 0.25) is 5.02 Å². The zero-order valence-corrected chi connectivity index (χ0v) is 14.8. The van der Waals surface area contributed by atoms with Crippen LogP contribution in [0.4, 0.5) is 0 Å². The van der Waals surface area contributed by atoms with Crippen molar-refractivity contribution in [1.82, 2.24) is 10.3 Å². The summed E-state index contributed by atoms with van der Waals surface area (Å²) in [5.74, 6) is 0. The van der Waals surface area contributed by atoms with Crippen molar-refractivity contribution in [1.29, 1.82) is 0 Å². The van der Waals surface area contributed by atoms with E-state index in [1.807, 2.05) is 24.3 Å². The number of halogens is 1. The number of benzene rings is 2. The molecule has 118 valence electrons. The van der Waals surface area contributed by atoms with Gasteiger partial charge in [-0.25, -0.2) is 4.98 Å². The lowest BCUT2D eigenvalue weighted by Crippen LogP contribution is -2.18. The first-order valence-electron chi connectivity index (χ1n) is 7.62. The molecule has 1 atom stereocenters. The van der Waals surface area contributed by atoms with Gasteiger partial charge in [0.05, 0.1) is 5.69 Å². The van der Waals surface area contributed by atoms with E-state index in [2.05, 4.69) is 48.8 Å². The van der Waals surface area contributed by atoms with Crippen molar-refractivity contribution in [3.8, 4) is 10.6 Å². The lowest BCUT2D eigenvalue weighted by Gasteiger charge is -2.13. The fraction of sp³-hybridized carbons (Fsp3) is 0.211. The summed E-state index contributed by atoms with van der Waals surface area (Å²) in [6, 6.07) is 16.8. The number of hydrogen-bond acceptors (Lipinski definition) is 3. The molecule has 4 heteroatoms. The van der Waals surface area contributed by atoms with Crippen LogP contribution in [0.25, 0.3) is 10.6 Å². The van der Waals surface area contributed by atoms with Crippen LogP contribution < -0.4 is 5.32 Å². The van der Waals surface area contributed by atoms with Gasteiger partial charge in [-0.15, -0.1) is 11.3 Å². The molecule has 0 bridgehead atoms. The summed E-state index contributed by atoms with van der Waals surface area (Å²) in [6.07, 6.45) is 0. The SMILES string of the molecule is Cc1ccc([C@@H](C)NCc2csc(-c3ccc(Cl)cc3)n2)cc1. The topological polar surface area (TPSA) is 24.9 Å². The van der Waals surface area contributed by atoms with Crippen molar-refractivity contribution in [3.05, 3.63) is 75.8 Å². The van der Waals surface area contributed by atoms with E-state index in [0.717, 1.165) is 27.8 Å². The number of hydrogen-bond donors (Lipinski definition) is 1. The van der Waals surface area contributed by atoms with Crippen LogP contribution in [0.5, 0.6) is 0 Å². The van der Waals surface area contributed by atoms with E-state index in [0.29, 0.717) is 6.04 Å². The van der Waals surface area contributed by atoms with Crippen LogP contribution >= 0.6 is 22.9 Å². The highest BCUT2D eigenvalue weighted by atomic mass is 35.5. The van der Waals surface area contributed by atoms with E-state index < -0.39 is 0 Å². The molecular weight excluding hydrogens is 324 g/mol. The smallest absolute Gasteiger partial charge is 0.123 e. The predicted molar refractivity (Wildman–Crippen MR) is 99.0 cm³/mol. The molecule has 3 aromatic rings. The lowest BCUT2D eigenvalue weighted by molar-refractivity contribution is 0.569. The maximum Gasteiger partial charge on any atom is 0.123 e. The zero-order valence-electron chi connectivity index (χ0n) is 13.2. The summed E-state index contributed by atoms with van der Waals surface area (Å²) in [4.78, 5) is 4.70. The van der Waals surface area contributed by atoms with Crippen molar-refractivity contribution < 1.29 is 0 Å². The van der Waals surface area contributed by atoms with Gasteiger partial charge in [0.15, 0.2) is 0 Å². The molecule has 0 saturated carbocycles. The molecule has 23 heavy (non-hydrogen) atoms. The Hall–Kier alpha value is -1.68. The number of aromatic nitrogens is 1. The molecule has 0 spiro atoms. The lowest BCUT2D eigenvalue weighted by atomic mass is 10.1. The average molecular weight is 343 g/mol. The van der Waals surface area contributed by atoms with Crippen molar-refractivity contribution in [2.24, 2.45) is 0 Å². The average Bonchev–Trinajstić information content (AvgIpc) is 3.03. The van der Waals surface area contributed by atoms with Gasteiger partial charge in [0, 0.05) is 28.6 Å². The van der Waals surface area contributed by atoms with Gasteiger partial charge in [-0.05, 0) is 31.5 Å². The van der Waals surface area contributed by atoms with Gasteiger partial charge in [-0.2, -0.15) is 0 Å². The highest BCUT2D eigenvalue weighted by Gasteiger charge is 2.08. The summed E-state index contributed by atoms with van der Waals surface area (Å²) >= 11 is 7.59. The minimum Gasteiger partial charge on any atom is -0.305 e. The second-order valence-corrected chi connectivity index (χ2v) is 6.96. The Kier molecular flexibility index (Phi) is 5.11. The molecule has 0 aliphatic heterocycles. The monoisotopic (exact) mass is 342 g/mol. The van der Waals surface area contributed by atoms with Gasteiger partial charge in [0.1, 0.15) is 5.01 Å². The molecule has 1 N–H and O–H groups in total. The van der Waals surface area contributed by atoms with Gasteiger partial charge in [-0.1, -0.05) is 53.6 Å². The van der Waals surface area contributed by atoms with Crippen LogP contribution in [0.1, 0.15) is 29.8 Å². The summed E-state index contributed by atoms with van der Waals surface area (Å²) in [7, 11) is 0. The van der Waals surface area contributed by atoms with E-state index >= 15 is 0 Å². The molecule has 0 saturated heterocycles. The highest BCUT2D eigenvalue weighted by molar-refractivity contribution is 7.13. The van der Waals surface area contributed by atoms with Crippen molar-refractivity contribution >= 4 is 22.9 Å². The number of aryl methyl sites for hydroxylation is 1. The number of nitrogens with zero attached hydrogens (tertiary/aromatic N) is 1. The normalized spacial score (nSPS) is 12.3. The van der Waals surface area contributed by atoms with E-state index in [4.69, 9.17) is 16.6 Å². The molecule has 1 aromatic heterocycles. The summed E-state index contributed by atoms with van der Waals surface area (Å²) in [5.41, 5.74) is 4.76. The minimum absolute atomic E-state index is 0.302. The van der Waals surface area contributed by atoms with Crippen LogP contribution in [0, 0.1) is 6.92 Å². The van der Waals surface area contributed by atoms with E-state index in [-0.39, 0.29) is 0 Å². The molecule has 0 unspecified atom stereocenters. The van der Waals surface area contributed by atoms with Gasteiger partial charge >= 0.3 is 0 Å². The Balaban J connectivity index is 1.63. The summed E-state index contributed by atoms with van der Waals surface area (Å²) in [5, 5.41) is 7.42. The van der Waals surface area contributed by atoms with Crippen LogP contribution in [0.3, 0.4) is 0 Å². The molecule has 2 aromatic carbocycles. The molecule has 0 aliphatic carbocycles. The second kappa shape index (κ2) is 7.26. The summed E-state index contributed by atoms with van der Waals surface area (Å²) < 4.78 is 0. The number of nitrogens with one attached hydrogen (secondary N) is 1. The largest absolute Gasteiger partial charge is 0.305 e. The third-order valence-electron chi connectivity index (χ3n) is 3.81. The molecule has 0 radical (unpaired) electrons. The number of thiazole rings is 1. The standard InChI is InChI=1S/C19H19ClN2S/c1-13-3-5-15(6-4-13)14(2)21-11-18-12-23-19(22-18)16-7-9-17(20)10-8-16/h3-10,12,14,21H,11H2,1-2H3/t14-/m1/s1. The van der Waals surface area contributed by atoms with Gasteiger partial charge in [-0.3, -0.25) is 0 Å². The Morgan fingerprint density at radius 2 is 1.78 bits per heavy atom. The molecule has 0 amide bonds. The number of rotatable bonds is 5. The van der Waals surface area contributed by atoms with E-state index in [9.17, 15) is 0 Å². The van der Waals surface area contributed by atoms with E-state index in [1.165, 1.54) is 11.1 Å². The first kappa shape index (κ1) is 16.2. The Labute approximate surface area is 146 Å². The zero-order chi connectivity index (χ0) is 16.2. The summed E-state index contributed by atoms with van der Waals surface area (Å²) in [6.45, 7) is 5.05. The highest BCUT2D eigenvalue weighted by Crippen LogP contribution is 2.25. The molecule has 0 fully saturated rings. The van der Waals surface area contributed by atoms with Crippen molar-refractivity contribution in [2.75, 3.05) is 0 Å². The Bertz CT molecular complexity index is 763. The Morgan fingerprint density at radius 3 is 2.48 bits per heavy atom. The van der Waals surface area contributed by atoms with Crippen molar-refractivity contribution in [3.63, 3.8) is 0 Å². The van der Waals surface area contributed by atoms with Crippen LogP contribution in [-0.2, 0) is 6.54 Å². The molecular formula is C19H19ClN2S. The third kappa shape index (κ3) is 4.20. The van der Waals surface area contributed by atoms with Crippen LogP contribution in [-0.4, -0.2) is 4.98 Å². The Morgan fingerprint density at radius 1 is 1.09 bits per heavy atom. The van der Waals surface area contributed by atoms with Crippen LogP contribution in [0.15, 0.2) is 53.9 Å². The minimum atomic E-state index is 0.302. The maximum absolute atomic E-state index is 5.93. The van der Waals surface area contributed by atoms with Crippen molar-refractivity contribution in [2.45, 2.75) is 26.4 Å². The van der Waals surface area contributed by atoms with Gasteiger partial charge in [0.25, 0.3) is 0 Å². The first-order valence-corrected chi connectivity index (χ1v) is 8.88. The third-order valence-corrected chi connectivity index (χ3v) is 5.00. The fourth-order valence-corrected chi connectivity index (χ4v) is 3.30. The molecule has 3 rings (SSSR count).